The van der Waals surface area contributed by atoms with Crippen molar-refractivity contribution in [2.24, 2.45) is 5.11 Å². The maximum absolute atomic E-state index is 12.1. The van der Waals surface area contributed by atoms with Crippen molar-refractivity contribution >= 4 is 35.3 Å². The van der Waals surface area contributed by atoms with E-state index in [9.17, 15) is 24.5 Å². The van der Waals surface area contributed by atoms with Gasteiger partial charge in [0.1, 0.15) is 13.2 Å². The second-order valence-electron chi connectivity index (χ2n) is 11.7. The molecule has 20 nitrogen and oxygen atoms in total. The predicted octanol–water partition coefficient (Wildman–Crippen LogP) is 1.83. The molecule has 2 aliphatic heterocycles. The van der Waals surface area contributed by atoms with E-state index in [-0.39, 0.29) is 92.9 Å². The summed E-state index contributed by atoms with van der Waals surface area (Å²) in [6, 6.07) is 2.98. The van der Waals surface area contributed by atoms with E-state index in [4.69, 9.17) is 38.7 Å². The number of nitro groups is 1. The minimum absolute atomic E-state index is 0.0206. The van der Waals surface area contributed by atoms with E-state index in [2.05, 4.69) is 31.3 Å². The molecule has 0 saturated carbocycles. The third-order valence-electron chi connectivity index (χ3n) is 7.90. The minimum Gasteiger partial charge on any atom is -0.493 e. The molecular formula is C32H50N8O12S. The zero-order chi connectivity index (χ0) is 38.1. The van der Waals surface area contributed by atoms with Gasteiger partial charge in [-0.25, -0.2) is 4.79 Å². The van der Waals surface area contributed by atoms with Gasteiger partial charge in [-0.05, 0) is 24.4 Å². The Bertz CT molecular complexity index is 1360. The first-order chi connectivity index (χ1) is 25.8. The average Bonchev–Trinajstić information content (AvgIpc) is 3.70. The summed E-state index contributed by atoms with van der Waals surface area (Å²) in [6.07, 6.45) is 3.13. The quantitative estimate of drug-likeness (QED) is 0.0166. The van der Waals surface area contributed by atoms with Gasteiger partial charge >= 0.3 is 6.03 Å². The fraction of sp³-hybridized carbons (Fsp3) is 0.719. The van der Waals surface area contributed by atoms with Crippen molar-refractivity contribution < 1.29 is 52.5 Å². The van der Waals surface area contributed by atoms with Crippen LogP contribution in [0.2, 0.25) is 0 Å². The topological polar surface area (TPSA) is 256 Å². The van der Waals surface area contributed by atoms with Crippen molar-refractivity contribution in [3.8, 4) is 11.5 Å². The zero-order valence-electron chi connectivity index (χ0n) is 29.9. The molecule has 3 atom stereocenters. The molecule has 0 aromatic heterocycles. The third-order valence-corrected chi connectivity index (χ3v) is 9.41. The summed E-state index contributed by atoms with van der Waals surface area (Å²) in [5, 5.41) is 26.9. The van der Waals surface area contributed by atoms with Crippen LogP contribution in [0.15, 0.2) is 17.2 Å². The molecular weight excluding hydrogens is 720 g/mol. The van der Waals surface area contributed by atoms with Gasteiger partial charge in [0, 0.05) is 42.0 Å². The molecule has 4 N–H and O–H groups in total. The van der Waals surface area contributed by atoms with Gasteiger partial charge in [-0.2, -0.15) is 11.8 Å². The maximum atomic E-state index is 12.1. The summed E-state index contributed by atoms with van der Waals surface area (Å²) < 4.78 is 38.0. The molecule has 1 aromatic carbocycles. The highest BCUT2D eigenvalue weighted by molar-refractivity contribution is 8.00. The normalized spacial score (nSPS) is 17.3. The van der Waals surface area contributed by atoms with Crippen molar-refractivity contribution in [2.45, 2.75) is 49.6 Å². The Kier molecular flexibility index (Phi) is 21.1. The molecule has 0 bridgehead atoms. The molecule has 296 valence electrons. The Morgan fingerprint density at radius 3 is 2.32 bits per heavy atom. The van der Waals surface area contributed by atoms with Crippen molar-refractivity contribution in [2.75, 3.05) is 98.6 Å². The van der Waals surface area contributed by atoms with Gasteiger partial charge in [0.05, 0.1) is 95.2 Å². The predicted molar refractivity (Wildman–Crippen MR) is 192 cm³/mol. The number of nitro benzene ring substituents is 1. The molecule has 53 heavy (non-hydrogen) atoms. The standard InChI is InChI=1S/C32H50N8O12S/c1-46-26-18-23(20-51-21-30(42)35-7-10-48-12-13-49-11-8-36-39-33)25(40(44)45)19-27(26)52-17-16-50-15-14-47-9-6-34-29(41)5-3-2-4-28-31-24(22-53-28)37-32(43)38-31/h18-19,24,28,31H,2-17,20-22H2,1H3,(H,34,41)(H,35,42)(H2,37,38,43)/t24?,28-,31?/m0/s1. The molecule has 0 aliphatic carbocycles. The first-order valence-electron chi connectivity index (χ1n) is 17.4. The second kappa shape index (κ2) is 25.8. The number of methoxy groups -OCH3 is 1. The molecule has 2 saturated heterocycles. The Morgan fingerprint density at radius 1 is 0.943 bits per heavy atom. The molecule has 2 heterocycles. The Morgan fingerprint density at radius 2 is 1.62 bits per heavy atom. The zero-order valence-corrected chi connectivity index (χ0v) is 30.7. The monoisotopic (exact) mass is 770 g/mol. The number of rotatable bonds is 30. The van der Waals surface area contributed by atoms with E-state index in [0.29, 0.717) is 57.9 Å². The van der Waals surface area contributed by atoms with Crippen molar-refractivity contribution in [1.29, 1.82) is 0 Å². The minimum atomic E-state index is -0.569. The van der Waals surface area contributed by atoms with E-state index < -0.39 is 10.8 Å². The number of unbranched alkanes of at least 4 members (excludes halogenated alkanes) is 1. The number of benzene rings is 1. The molecule has 0 radical (unpaired) electrons. The van der Waals surface area contributed by atoms with E-state index in [1.165, 1.54) is 19.2 Å². The number of urea groups is 1. The van der Waals surface area contributed by atoms with Crippen molar-refractivity contribution in [1.82, 2.24) is 21.3 Å². The maximum Gasteiger partial charge on any atom is 0.315 e. The van der Waals surface area contributed by atoms with Crippen LogP contribution in [0.5, 0.6) is 11.5 Å². The highest BCUT2D eigenvalue weighted by Gasteiger charge is 2.42. The summed E-state index contributed by atoms with van der Waals surface area (Å²) >= 11 is 1.87. The largest absolute Gasteiger partial charge is 0.493 e. The molecule has 21 heteroatoms. The molecule has 4 amide bonds. The van der Waals surface area contributed by atoms with Crippen LogP contribution in [0.25, 0.3) is 10.4 Å². The van der Waals surface area contributed by atoms with Crippen molar-refractivity contribution in [3.05, 3.63) is 38.3 Å². The Hall–Kier alpha value is -4.11. The van der Waals surface area contributed by atoms with Crippen LogP contribution in [0.1, 0.15) is 31.2 Å². The fourth-order valence-corrected chi connectivity index (χ4v) is 6.89. The molecule has 1 aromatic rings. The number of ether oxygens (including phenoxy) is 7. The number of hydrogen-bond donors (Lipinski definition) is 4. The summed E-state index contributed by atoms with van der Waals surface area (Å²) in [4.78, 5) is 49.5. The summed E-state index contributed by atoms with van der Waals surface area (Å²) in [5.41, 5.74) is 8.14. The first kappa shape index (κ1) is 43.3. The molecule has 3 rings (SSSR count). The van der Waals surface area contributed by atoms with Crippen LogP contribution in [0.4, 0.5) is 10.5 Å². The van der Waals surface area contributed by atoms with E-state index in [0.717, 1.165) is 25.0 Å². The number of nitrogens with zero attached hydrogens (tertiary/aromatic N) is 4. The number of thioether (sulfide) groups is 1. The Balaban J connectivity index is 1.19. The molecule has 2 unspecified atom stereocenters. The number of nitrogens with one attached hydrogen (secondary N) is 4. The van der Waals surface area contributed by atoms with Gasteiger partial charge in [-0.15, -0.1) is 0 Å². The SMILES string of the molecule is COc1cc(COCC(=O)NCCOCCOCCN=[N+]=[N-])c([N+](=O)[O-])cc1OCCOCCOCCNC(=O)CCCC[C@@H]1SCC2NC(=O)NC21. The van der Waals surface area contributed by atoms with E-state index in [1.54, 1.807) is 0 Å². The van der Waals surface area contributed by atoms with Gasteiger partial charge in [-0.3, -0.25) is 19.7 Å². The number of azide groups is 1. The summed E-state index contributed by atoms with van der Waals surface area (Å²) in [6.45, 7) is 2.77. The number of fused-ring (bicyclic) bond motifs is 1. The summed E-state index contributed by atoms with van der Waals surface area (Å²) in [5.74, 6) is 0.901. The average molecular weight is 771 g/mol. The van der Waals surface area contributed by atoms with Crippen LogP contribution >= 0.6 is 11.8 Å². The lowest BCUT2D eigenvalue weighted by atomic mass is 10.0. The number of amides is 4. The van der Waals surface area contributed by atoms with Crippen molar-refractivity contribution in [3.63, 3.8) is 0 Å². The second-order valence-corrected chi connectivity index (χ2v) is 13.0. The Labute approximate surface area is 311 Å². The van der Waals surface area contributed by atoms with Crippen LogP contribution in [-0.4, -0.2) is 139 Å². The third kappa shape index (κ3) is 17.1. The van der Waals surface area contributed by atoms with Crippen LogP contribution in [0.3, 0.4) is 0 Å². The van der Waals surface area contributed by atoms with Gasteiger partial charge in [-0.1, -0.05) is 11.5 Å². The van der Waals surface area contributed by atoms with Gasteiger partial charge in [0.2, 0.25) is 11.8 Å². The summed E-state index contributed by atoms with van der Waals surface area (Å²) in [7, 11) is 1.40. The number of hydrogen-bond acceptors (Lipinski definition) is 14. The molecule has 0 spiro atoms. The highest BCUT2D eigenvalue weighted by Crippen LogP contribution is 2.35. The molecule has 2 fully saturated rings. The fourth-order valence-electron chi connectivity index (χ4n) is 5.35. The lowest BCUT2D eigenvalue weighted by Crippen LogP contribution is -2.36. The smallest absolute Gasteiger partial charge is 0.315 e. The first-order valence-corrected chi connectivity index (χ1v) is 18.5. The van der Waals surface area contributed by atoms with E-state index in [1.807, 2.05) is 11.8 Å². The van der Waals surface area contributed by atoms with Gasteiger partial charge < -0.3 is 54.4 Å². The lowest BCUT2D eigenvalue weighted by Gasteiger charge is -2.16. The van der Waals surface area contributed by atoms with Gasteiger partial charge in [0.25, 0.3) is 5.69 Å². The van der Waals surface area contributed by atoms with E-state index >= 15 is 0 Å². The van der Waals surface area contributed by atoms with Crippen LogP contribution in [-0.2, 0) is 39.9 Å². The van der Waals surface area contributed by atoms with Crippen LogP contribution in [0, 0.1) is 10.1 Å². The number of carbonyl (C=O) groups is 3. The highest BCUT2D eigenvalue weighted by atomic mass is 32.2. The van der Waals surface area contributed by atoms with Gasteiger partial charge in [0.15, 0.2) is 11.5 Å². The van der Waals surface area contributed by atoms with Crippen LogP contribution < -0.4 is 30.7 Å². The molecule has 2 aliphatic rings. The lowest BCUT2D eigenvalue weighted by molar-refractivity contribution is -0.386. The number of carbonyl (C=O) groups excluding carboxylic acids is 3.